The summed E-state index contributed by atoms with van der Waals surface area (Å²) in [6.45, 7) is 4.89. The second kappa shape index (κ2) is 6.68. The summed E-state index contributed by atoms with van der Waals surface area (Å²) in [7, 11) is 0. The Morgan fingerprint density at radius 3 is 2.75 bits per heavy atom. The van der Waals surface area contributed by atoms with Crippen molar-refractivity contribution in [3.05, 3.63) is 52.9 Å². The summed E-state index contributed by atoms with van der Waals surface area (Å²) in [6.07, 6.45) is 1.70. The molecule has 0 bridgehead atoms. The van der Waals surface area contributed by atoms with Gasteiger partial charge >= 0.3 is 0 Å². The summed E-state index contributed by atoms with van der Waals surface area (Å²) < 4.78 is 19.1. The van der Waals surface area contributed by atoms with Gasteiger partial charge in [0.1, 0.15) is 0 Å². The van der Waals surface area contributed by atoms with Crippen LogP contribution in [0.1, 0.15) is 19.4 Å². The van der Waals surface area contributed by atoms with Crippen LogP contribution in [0, 0.1) is 5.82 Å². The molecule has 0 atom stereocenters. The fraction of sp³-hybridized carbons (Fsp3) is 0.267. The van der Waals surface area contributed by atoms with Gasteiger partial charge in [0.2, 0.25) is 5.88 Å². The highest BCUT2D eigenvalue weighted by atomic mass is 35.5. The maximum absolute atomic E-state index is 13.7. The zero-order valence-corrected chi connectivity index (χ0v) is 12.1. The average molecular weight is 295 g/mol. The first-order chi connectivity index (χ1) is 9.56. The van der Waals surface area contributed by atoms with Crippen LogP contribution in [0.3, 0.4) is 0 Å². The van der Waals surface area contributed by atoms with E-state index in [2.05, 4.69) is 24.1 Å². The van der Waals surface area contributed by atoms with Gasteiger partial charge in [-0.1, -0.05) is 37.6 Å². The Balaban J connectivity index is 2.05. The molecule has 0 amide bonds. The molecule has 2 rings (SSSR count). The first-order valence-electron chi connectivity index (χ1n) is 6.36. The van der Waals surface area contributed by atoms with Crippen molar-refractivity contribution in [3.8, 4) is 11.6 Å². The number of hydrogen-bond donors (Lipinski definition) is 1. The number of halogens is 2. The van der Waals surface area contributed by atoms with Crippen LogP contribution in [0.15, 0.2) is 36.5 Å². The molecule has 1 N–H and O–H groups in total. The van der Waals surface area contributed by atoms with Gasteiger partial charge in [0, 0.05) is 24.8 Å². The molecule has 0 aliphatic rings. The summed E-state index contributed by atoms with van der Waals surface area (Å²) in [5.74, 6) is -0.181. The molecule has 1 heterocycles. The van der Waals surface area contributed by atoms with E-state index in [0.29, 0.717) is 11.9 Å². The molecule has 1 aromatic heterocycles. The van der Waals surface area contributed by atoms with Crippen LogP contribution < -0.4 is 10.1 Å². The second-order valence-corrected chi connectivity index (χ2v) is 5.10. The highest BCUT2D eigenvalue weighted by molar-refractivity contribution is 6.30. The predicted molar refractivity (Wildman–Crippen MR) is 77.7 cm³/mol. The fourth-order valence-electron chi connectivity index (χ4n) is 1.57. The van der Waals surface area contributed by atoms with Crippen LogP contribution >= 0.6 is 11.6 Å². The SMILES string of the molecule is CC(C)NCc1ccc(Oc2cccc(Cl)c2F)nc1. The smallest absolute Gasteiger partial charge is 0.219 e. The molecule has 0 saturated carbocycles. The largest absolute Gasteiger partial charge is 0.436 e. The molecule has 0 aliphatic carbocycles. The summed E-state index contributed by atoms with van der Waals surface area (Å²) in [5.41, 5.74) is 1.04. The first kappa shape index (κ1) is 14.8. The summed E-state index contributed by atoms with van der Waals surface area (Å²) in [4.78, 5) is 4.15. The molecule has 0 fully saturated rings. The number of aromatic nitrogens is 1. The molecule has 0 radical (unpaired) electrons. The molecule has 0 unspecified atom stereocenters. The van der Waals surface area contributed by atoms with Gasteiger partial charge in [0.05, 0.1) is 5.02 Å². The summed E-state index contributed by atoms with van der Waals surface area (Å²) in [6, 6.07) is 8.61. The fourth-order valence-corrected chi connectivity index (χ4v) is 1.74. The van der Waals surface area contributed by atoms with E-state index in [1.165, 1.54) is 12.1 Å². The van der Waals surface area contributed by atoms with Crippen LogP contribution in [0.25, 0.3) is 0 Å². The third-order valence-electron chi connectivity index (χ3n) is 2.64. The maximum Gasteiger partial charge on any atom is 0.219 e. The molecule has 5 heteroatoms. The first-order valence-corrected chi connectivity index (χ1v) is 6.74. The van der Waals surface area contributed by atoms with E-state index in [4.69, 9.17) is 16.3 Å². The van der Waals surface area contributed by atoms with Crippen LogP contribution in [-0.4, -0.2) is 11.0 Å². The van der Waals surface area contributed by atoms with Crippen molar-refractivity contribution in [2.24, 2.45) is 0 Å². The second-order valence-electron chi connectivity index (χ2n) is 4.69. The van der Waals surface area contributed by atoms with Gasteiger partial charge in [0.25, 0.3) is 0 Å². The van der Waals surface area contributed by atoms with Crippen LogP contribution in [0.4, 0.5) is 4.39 Å². The lowest BCUT2D eigenvalue weighted by Crippen LogP contribution is -2.21. The summed E-state index contributed by atoms with van der Waals surface area (Å²) in [5, 5.41) is 3.32. The minimum Gasteiger partial charge on any atom is -0.436 e. The molecule has 3 nitrogen and oxygen atoms in total. The Hall–Kier alpha value is -1.65. The van der Waals surface area contributed by atoms with Crippen molar-refractivity contribution in [2.45, 2.75) is 26.4 Å². The predicted octanol–water partition coefficient (Wildman–Crippen LogP) is 4.16. The third kappa shape index (κ3) is 3.92. The van der Waals surface area contributed by atoms with Crippen LogP contribution in [-0.2, 0) is 6.54 Å². The van der Waals surface area contributed by atoms with Gasteiger partial charge in [0.15, 0.2) is 11.6 Å². The van der Waals surface area contributed by atoms with E-state index < -0.39 is 5.82 Å². The molecule has 106 valence electrons. The Bertz CT molecular complexity index is 573. The quantitative estimate of drug-likeness (QED) is 0.899. The Kier molecular flexibility index (Phi) is 4.93. The van der Waals surface area contributed by atoms with Gasteiger partial charge in [-0.2, -0.15) is 0 Å². The molecule has 0 aliphatic heterocycles. The summed E-state index contributed by atoms with van der Waals surface area (Å²) >= 11 is 5.69. The lowest BCUT2D eigenvalue weighted by molar-refractivity contribution is 0.427. The molecular formula is C15H16ClFN2O. The van der Waals surface area contributed by atoms with E-state index in [0.717, 1.165) is 12.1 Å². The maximum atomic E-state index is 13.7. The number of pyridine rings is 1. The van der Waals surface area contributed by atoms with Gasteiger partial charge in [-0.15, -0.1) is 0 Å². The van der Waals surface area contributed by atoms with E-state index in [1.807, 2.05) is 6.07 Å². The molecule has 0 spiro atoms. The number of benzene rings is 1. The Labute approximate surface area is 122 Å². The van der Waals surface area contributed by atoms with E-state index in [9.17, 15) is 4.39 Å². The number of nitrogens with zero attached hydrogens (tertiary/aromatic N) is 1. The van der Waals surface area contributed by atoms with Crippen molar-refractivity contribution in [2.75, 3.05) is 0 Å². The Morgan fingerprint density at radius 1 is 1.30 bits per heavy atom. The average Bonchev–Trinajstić information content (AvgIpc) is 2.43. The molecule has 2 aromatic rings. The van der Waals surface area contributed by atoms with Crippen molar-refractivity contribution in [1.29, 1.82) is 0 Å². The lowest BCUT2D eigenvalue weighted by atomic mass is 10.2. The molecule has 20 heavy (non-hydrogen) atoms. The van der Waals surface area contributed by atoms with E-state index >= 15 is 0 Å². The van der Waals surface area contributed by atoms with Crippen molar-refractivity contribution >= 4 is 11.6 Å². The van der Waals surface area contributed by atoms with Crippen molar-refractivity contribution < 1.29 is 9.13 Å². The minimum atomic E-state index is -0.582. The highest BCUT2D eigenvalue weighted by Crippen LogP contribution is 2.27. The van der Waals surface area contributed by atoms with Crippen molar-refractivity contribution in [3.63, 3.8) is 0 Å². The highest BCUT2D eigenvalue weighted by Gasteiger charge is 2.09. The van der Waals surface area contributed by atoms with Gasteiger partial charge in [-0.3, -0.25) is 0 Å². The number of nitrogens with one attached hydrogen (secondary N) is 1. The number of hydrogen-bond acceptors (Lipinski definition) is 3. The minimum absolute atomic E-state index is 0.0280. The molecule has 0 saturated heterocycles. The monoisotopic (exact) mass is 294 g/mol. The number of ether oxygens (including phenoxy) is 1. The van der Waals surface area contributed by atoms with Gasteiger partial charge < -0.3 is 10.1 Å². The molecular weight excluding hydrogens is 279 g/mol. The van der Waals surface area contributed by atoms with Crippen LogP contribution in [0.2, 0.25) is 5.02 Å². The normalized spacial score (nSPS) is 10.8. The molecule has 1 aromatic carbocycles. The standard InChI is InChI=1S/C15H16ClFN2O/c1-10(2)18-8-11-6-7-14(19-9-11)20-13-5-3-4-12(16)15(13)17/h3-7,9-10,18H,8H2,1-2H3. The van der Waals surface area contributed by atoms with Crippen molar-refractivity contribution in [1.82, 2.24) is 10.3 Å². The topological polar surface area (TPSA) is 34.1 Å². The lowest BCUT2D eigenvalue weighted by Gasteiger charge is -2.09. The van der Waals surface area contributed by atoms with Gasteiger partial charge in [-0.25, -0.2) is 9.37 Å². The Morgan fingerprint density at radius 2 is 2.10 bits per heavy atom. The third-order valence-corrected chi connectivity index (χ3v) is 2.93. The number of rotatable bonds is 5. The van der Waals surface area contributed by atoms with E-state index in [1.54, 1.807) is 18.3 Å². The zero-order valence-electron chi connectivity index (χ0n) is 11.4. The van der Waals surface area contributed by atoms with Gasteiger partial charge in [-0.05, 0) is 17.7 Å². The van der Waals surface area contributed by atoms with E-state index in [-0.39, 0.29) is 10.8 Å². The van der Waals surface area contributed by atoms with Crippen LogP contribution in [0.5, 0.6) is 11.6 Å². The zero-order chi connectivity index (χ0) is 14.5.